The smallest absolute Gasteiger partial charge is 0.227 e. The van der Waals surface area contributed by atoms with Crippen molar-refractivity contribution in [1.29, 1.82) is 0 Å². The molecule has 0 aliphatic heterocycles. The first-order chi connectivity index (χ1) is 11.0. The molecule has 0 aliphatic carbocycles. The zero-order valence-corrected chi connectivity index (χ0v) is 13.9. The lowest BCUT2D eigenvalue weighted by Crippen LogP contribution is -2.34. The van der Waals surface area contributed by atoms with Crippen LogP contribution in [0.3, 0.4) is 0 Å². The van der Waals surface area contributed by atoms with Crippen molar-refractivity contribution in [1.82, 2.24) is 15.5 Å². The van der Waals surface area contributed by atoms with Crippen LogP contribution in [0.25, 0.3) is 11.4 Å². The molecule has 2 N–H and O–H groups in total. The summed E-state index contributed by atoms with van der Waals surface area (Å²) >= 11 is 5.83. The Morgan fingerprint density at radius 1 is 1.35 bits per heavy atom. The highest BCUT2D eigenvalue weighted by atomic mass is 35.5. The Morgan fingerprint density at radius 2 is 2.04 bits per heavy atom. The lowest BCUT2D eigenvalue weighted by Gasteiger charge is -2.14. The van der Waals surface area contributed by atoms with E-state index in [2.05, 4.69) is 15.5 Å². The number of nitrogens with one attached hydrogen (secondary N) is 1. The Bertz CT molecular complexity index is 640. The Morgan fingerprint density at radius 3 is 2.70 bits per heavy atom. The molecule has 7 heteroatoms. The molecule has 0 fully saturated rings. The number of halogens is 1. The Kier molecular flexibility index (Phi) is 6.12. The summed E-state index contributed by atoms with van der Waals surface area (Å²) in [5.74, 6) is 0.811. The number of nitrogens with zero attached hydrogens (tertiary/aromatic N) is 2. The van der Waals surface area contributed by atoms with Crippen LogP contribution in [0.15, 0.2) is 28.8 Å². The summed E-state index contributed by atoms with van der Waals surface area (Å²) in [5.41, 5.74) is 0.800. The molecule has 124 valence electrons. The van der Waals surface area contributed by atoms with Crippen molar-refractivity contribution in [2.75, 3.05) is 6.54 Å². The van der Waals surface area contributed by atoms with Crippen molar-refractivity contribution in [3.8, 4) is 11.4 Å². The number of aromatic nitrogens is 2. The van der Waals surface area contributed by atoms with Gasteiger partial charge >= 0.3 is 0 Å². The van der Waals surface area contributed by atoms with E-state index < -0.39 is 6.10 Å². The third-order valence-corrected chi connectivity index (χ3v) is 3.67. The molecule has 0 bridgehead atoms. The van der Waals surface area contributed by atoms with Crippen LogP contribution < -0.4 is 5.32 Å². The van der Waals surface area contributed by atoms with E-state index in [1.807, 2.05) is 13.8 Å². The van der Waals surface area contributed by atoms with Crippen LogP contribution in [0.2, 0.25) is 5.02 Å². The van der Waals surface area contributed by atoms with Gasteiger partial charge in [0.25, 0.3) is 0 Å². The molecule has 1 amide bonds. The highest BCUT2D eigenvalue weighted by molar-refractivity contribution is 6.30. The van der Waals surface area contributed by atoms with Gasteiger partial charge in [-0.15, -0.1) is 0 Å². The van der Waals surface area contributed by atoms with Gasteiger partial charge in [0.15, 0.2) is 0 Å². The van der Waals surface area contributed by atoms with Gasteiger partial charge in [-0.05, 0) is 30.2 Å². The Balaban J connectivity index is 1.83. The second kappa shape index (κ2) is 8.08. The summed E-state index contributed by atoms with van der Waals surface area (Å²) in [5, 5.41) is 16.9. The fourth-order valence-corrected chi connectivity index (χ4v) is 1.96. The number of aliphatic hydroxyl groups is 1. The van der Waals surface area contributed by atoms with Crippen LogP contribution in [0.4, 0.5) is 0 Å². The standard InChI is InChI=1S/C16H20ClN3O3/c1-10(2)13(21)9-18-14(22)7-8-15-19-16(20-23-15)11-3-5-12(17)6-4-11/h3-6,10,13,21H,7-9H2,1-2H3,(H,18,22). The number of carbonyl (C=O) groups excluding carboxylic acids is 1. The average molecular weight is 338 g/mol. The second-order valence-electron chi connectivity index (χ2n) is 5.63. The van der Waals surface area contributed by atoms with Crippen LogP contribution in [0, 0.1) is 5.92 Å². The maximum absolute atomic E-state index is 11.7. The first-order valence-corrected chi connectivity index (χ1v) is 7.87. The van der Waals surface area contributed by atoms with Gasteiger partial charge in [-0.2, -0.15) is 4.98 Å². The summed E-state index contributed by atoms with van der Waals surface area (Å²) in [6.07, 6.45) is 0.0379. The molecule has 6 nitrogen and oxygen atoms in total. The predicted molar refractivity (Wildman–Crippen MR) is 86.9 cm³/mol. The van der Waals surface area contributed by atoms with E-state index in [0.29, 0.717) is 23.2 Å². The summed E-state index contributed by atoms with van der Waals surface area (Å²) < 4.78 is 5.14. The van der Waals surface area contributed by atoms with E-state index in [1.165, 1.54) is 0 Å². The van der Waals surface area contributed by atoms with Gasteiger partial charge in [0.1, 0.15) is 0 Å². The van der Waals surface area contributed by atoms with Crippen molar-refractivity contribution >= 4 is 17.5 Å². The minimum absolute atomic E-state index is 0.105. The zero-order valence-electron chi connectivity index (χ0n) is 13.1. The van der Waals surface area contributed by atoms with Gasteiger partial charge < -0.3 is 14.9 Å². The number of aliphatic hydroxyl groups excluding tert-OH is 1. The number of hydrogen-bond acceptors (Lipinski definition) is 5. The van der Waals surface area contributed by atoms with E-state index >= 15 is 0 Å². The number of amides is 1. The third kappa shape index (κ3) is 5.33. The third-order valence-electron chi connectivity index (χ3n) is 3.41. The van der Waals surface area contributed by atoms with Gasteiger partial charge in [0.05, 0.1) is 6.10 Å². The van der Waals surface area contributed by atoms with E-state index in [0.717, 1.165) is 5.56 Å². The Labute approximate surface area is 139 Å². The molecule has 0 radical (unpaired) electrons. The van der Waals surface area contributed by atoms with E-state index in [4.69, 9.17) is 16.1 Å². The monoisotopic (exact) mass is 337 g/mol. The van der Waals surface area contributed by atoms with Crippen LogP contribution in [-0.4, -0.2) is 33.8 Å². The second-order valence-corrected chi connectivity index (χ2v) is 6.07. The van der Waals surface area contributed by atoms with Crippen LogP contribution in [0.1, 0.15) is 26.2 Å². The minimum atomic E-state index is -0.543. The van der Waals surface area contributed by atoms with Crippen LogP contribution in [0.5, 0.6) is 0 Å². The van der Waals surface area contributed by atoms with Crippen LogP contribution in [-0.2, 0) is 11.2 Å². The number of carbonyl (C=O) groups is 1. The molecule has 2 rings (SSSR count). The number of hydrogen-bond donors (Lipinski definition) is 2. The zero-order chi connectivity index (χ0) is 16.8. The van der Waals surface area contributed by atoms with Gasteiger partial charge in [0.2, 0.25) is 17.6 Å². The van der Waals surface area contributed by atoms with Crippen LogP contribution >= 0.6 is 11.6 Å². The van der Waals surface area contributed by atoms with Crippen molar-refractivity contribution < 1.29 is 14.4 Å². The fourth-order valence-electron chi connectivity index (χ4n) is 1.84. The lowest BCUT2D eigenvalue weighted by atomic mass is 10.1. The average Bonchev–Trinajstić information content (AvgIpc) is 3.00. The molecular weight excluding hydrogens is 318 g/mol. The molecule has 1 aromatic heterocycles. The predicted octanol–water partition coefficient (Wildman–Crippen LogP) is 2.46. The molecule has 1 atom stereocenters. The first-order valence-electron chi connectivity index (χ1n) is 7.49. The maximum Gasteiger partial charge on any atom is 0.227 e. The topological polar surface area (TPSA) is 88.2 Å². The molecular formula is C16H20ClN3O3. The molecule has 0 saturated carbocycles. The van der Waals surface area contributed by atoms with Gasteiger partial charge in [-0.25, -0.2) is 0 Å². The quantitative estimate of drug-likeness (QED) is 0.810. The molecule has 23 heavy (non-hydrogen) atoms. The van der Waals surface area contributed by atoms with E-state index in [1.54, 1.807) is 24.3 Å². The summed E-state index contributed by atoms with van der Waals surface area (Å²) in [7, 11) is 0. The summed E-state index contributed by atoms with van der Waals surface area (Å²) in [6.45, 7) is 4.04. The SMILES string of the molecule is CC(C)C(O)CNC(=O)CCc1nc(-c2ccc(Cl)cc2)no1. The van der Waals surface area contributed by atoms with Crippen molar-refractivity contribution in [2.24, 2.45) is 5.92 Å². The van der Waals surface area contributed by atoms with E-state index in [9.17, 15) is 9.90 Å². The largest absolute Gasteiger partial charge is 0.391 e. The highest BCUT2D eigenvalue weighted by Gasteiger charge is 2.13. The normalized spacial score (nSPS) is 12.4. The van der Waals surface area contributed by atoms with Gasteiger partial charge in [-0.1, -0.05) is 30.6 Å². The summed E-state index contributed by atoms with van der Waals surface area (Å²) in [6, 6.07) is 7.11. The molecule has 1 heterocycles. The number of benzene rings is 1. The van der Waals surface area contributed by atoms with E-state index in [-0.39, 0.29) is 24.8 Å². The molecule has 1 aromatic carbocycles. The minimum Gasteiger partial charge on any atom is -0.391 e. The summed E-state index contributed by atoms with van der Waals surface area (Å²) in [4.78, 5) is 16.0. The van der Waals surface area contributed by atoms with Gasteiger partial charge in [-0.3, -0.25) is 4.79 Å². The molecule has 1 unspecified atom stereocenters. The maximum atomic E-state index is 11.7. The molecule has 2 aromatic rings. The Hall–Kier alpha value is -1.92. The first kappa shape index (κ1) is 17.4. The fraction of sp³-hybridized carbons (Fsp3) is 0.438. The number of aryl methyl sites for hydroxylation is 1. The van der Waals surface area contributed by atoms with Crippen molar-refractivity contribution in [2.45, 2.75) is 32.8 Å². The highest BCUT2D eigenvalue weighted by Crippen LogP contribution is 2.18. The van der Waals surface area contributed by atoms with Crippen molar-refractivity contribution in [3.05, 3.63) is 35.2 Å². The lowest BCUT2D eigenvalue weighted by molar-refractivity contribution is -0.121. The van der Waals surface area contributed by atoms with Gasteiger partial charge in [0, 0.05) is 30.0 Å². The van der Waals surface area contributed by atoms with Crippen molar-refractivity contribution in [3.63, 3.8) is 0 Å². The molecule has 0 saturated heterocycles. The molecule has 0 spiro atoms. The molecule has 0 aliphatic rings. The number of rotatable bonds is 7.